The molecular weight excluding hydrogens is 576 g/mol. The third-order valence-corrected chi connectivity index (χ3v) is 7.32. The molecule has 0 unspecified atom stereocenters. The van der Waals surface area contributed by atoms with Crippen molar-refractivity contribution < 1.29 is 57.2 Å². The Morgan fingerprint density at radius 2 is 1.77 bits per heavy atom. The predicted octanol–water partition coefficient (Wildman–Crippen LogP) is 3.85. The van der Waals surface area contributed by atoms with E-state index in [0.717, 1.165) is 0 Å². The van der Waals surface area contributed by atoms with Gasteiger partial charge in [-0.3, -0.25) is 9.35 Å². The van der Waals surface area contributed by atoms with Gasteiger partial charge in [-0.25, -0.2) is 0 Å². The monoisotopic (exact) mass is 595 g/mol. The Bertz CT molecular complexity index is 1710. The minimum Gasteiger partial charge on any atom is -0.870 e. The topological polar surface area (TPSA) is 140 Å². The molecule has 0 aromatic heterocycles. The molecule has 196 valence electrons. The van der Waals surface area contributed by atoms with Crippen molar-refractivity contribution in [3.63, 3.8) is 0 Å². The van der Waals surface area contributed by atoms with E-state index >= 15 is 0 Å². The van der Waals surface area contributed by atoms with Crippen LogP contribution in [0.15, 0.2) is 75.8 Å². The second-order valence-corrected chi connectivity index (χ2v) is 10.2. The first kappa shape index (κ1) is 30.8. The number of amides is 1. The largest absolute Gasteiger partial charge is 1.00 e. The first-order chi connectivity index (χ1) is 18.0. The normalized spacial score (nSPS) is 11.4. The van der Waals surface area contributed by atoms with Gasteiger partial charge in [0.15, 0.2) is 0 Å². The second kappa shape index (κ2) is 12.6. The number of rotatable bonds is 7. The maximum atomic E-state index is 13.5. The summed E-state index contributed by atoms with van der Waals surface area (Å²) in [4.78, 5) is 12.7. The molecule has 0 fully saturated rings. The molecule has 0 atom stereocenters. The number of anilines is 1. The summed E-state index contributed by atoms with van der Waals surface area (Å²) in [6, 6.07) is 15.6. The molecule has 0 heterocycles. The van der Waals surface area contributed by atoms with Crippen molar-refractivity contribution in [3.05, 3.63) is 81.8 Å². The molecule has 4 rings (SSSR count). The zero-order valence-corrected chi connectivity index (χ0v) is 25.4. The van der Waals surface area contributed by atoms with E-state index in [1.54, 1.807) is 49.4 Å². The van der Waals surface area contributed by atoms with Crippen LogP contribution in [-0.2, 0) is 10.1 Å². The van der Waals surface area contributed by atoms with Gasteiger partial charge in [0.05, 0.1) is 17.3 Å². The fourth-order valence-corrected chi connectivity index (χ4v) is 5.12. The van der Waals surface area contributed by atoms with Crippen LogP contribution < -0.4 is 44.7 Å². The summed E-state index contributed by atoms with van der Waals surface area (Å²) in [5.41, 5.74) is -0.416. The Kier molecular flexibility index (Phi) is 10.0. The van der Waals surface area contributed by atoms with Crippen molar-refractivity contribution in [3.8, 4) is 11.5 Å². The number of hydrogen-bond acceptors (Lipinski definition) is 7. The number of hydrogen-bond donors (Lipinski definition) is 2. The van der Waals surface area contributed by atoms with Crippen LogP contribution in [0.5, 0.6) is 11.5 Å². The molecule has 0 aliphatic rings. The van der Waals surface area contributed by atoms with E-state index in [2.05, 4.69) is 15.5 Å². The molecular formula is C26H20Cl2N3NaO6S. The maximum absolute atomic E-state index is 13.5. The van der Waals surface area contributed by atoms with E-state index in [1.165, 1.54) is 25.1 Å². The van der Waals surface area contributed by atoms with E-state index in [9.17, 15) is 22.9 Å². The number of para-hydroxylation sites is 1. The Balaban J connectivity index is 0.00000420. The Hall–Kier alpha value is -2.70. The molecule has 9 nitrogen and oxygen atoms in total. The second-order valence-electron chi connectivity index (χ2n) is 8.02. The summed E-state index contributed by atoms with van der Waals surface area (Å²) in [5, 5.41) is 25.3. The molecule has 2 N–H and O–H groups in total. The zero-order chi connectivity index (χ0) is 27.6. The fraction of sp³-hybridized carbons (Fsp3) is 0.115. The van der Waals surface area contributed by atoms with E-state index in [4.69, 9.17) is 27.9 Å². The number of carbonyl (C=O) groups excluding carboxylic acids is 1. The summed E-state index contributed by atoms with van der Waals surface area (Å²) in [6.07, 6.45) is 0. The van der Waals surface area contributed by atoms with E-state index < -0.39 is 26.7 Å². The quantitative estimate of drug-likeness (QED) is 0.189. The number of halogens is 2. The van der Waals surface area contributed by atoms with Gasteiger partial charge in [-0.1, -0.05) is 59.3 Å². The average Bonchev–Trinajstić information content (AvgIpc) is 2.86. The van der Waals surface area contributed by atoms with Crippen molar-refractivity contribution in [2.75, 3.05) is 11.9 Å². The number of nitrogens with one attached hydrogen (secondary N) is 1. The molecule has 0 bridgehead atoms. The Morgan fingerprint density at radius 3 is 2.46 bits per heavy atom. The van der Waals surface area contributed by atoms with Gasteiger partial charge in [0.25, 0.3) is 16.0 Å². The van der Waals surface area contributed by atoms with E-state index in [0.29, 0.717) is 23.1 Å². The van der Waals surface area contributed by atoms with Crippen LogP contribution in [0, 0.1) is 6.92 Å². The van der Waals surface area contributed by atoms with E-state index in [1.807, 2.05) is 0 Å². The SMILES string of the molecule is CCOc1cccc(Cl)c1NC(=O)c1cc2ccccc2c(N=Nc2ccc(Cl)c(C)c2S(=O)(=O)O)c1[O-].[Na+]. The van der Waals surface area contributed by atoms with Crippen molar-refractivity contribution in [2.24, 2.45) is 10.2 Å². The smallest absolute Gasteiger partial charge is 0.870 e. The standard InChI is InChI=1S/C26H21Cl2N3O6S.Na/c1-3-37-21-10-6-9-19(28)23(21)29-26(33)17-13-15-7-4-5-8-16(15)22(24(17)32)31-30-20-12-11-18(27)14(2)25(20)38(34,35)36;/h4-13,32H,3H2,1-2H3,(H,29,33)(H,34,35,36);/q;+1/p-1. The Morgan fingerprint density at radius 1 is 1.05 bits per heavy atom. The van der Waals surface area contributed by atoms with Gasteiger partial charge >= 0.3 is 29.6 Å². The third kappa shape index (κ3) is 6.55. The molecule has 0 aliphatic heterocycles. The summed E-state index contributed by atoms with van der Waals surface area (Å²) < 4.78 is 39.2. The van der Waals surface area contributed by atoms with Crippen LogP contribution in [-0.4, -0.2) is 25.5 Å². The molecule has 0 saturated carbocycles. The van der Waals surface area contributed by atoms with Crippen molar-refractivity contribution >= 4 is 67.1 Å². The van der Waals surface area contributed by atoms with Gasteiger partial charge in [-0.05, 0) is 55.1 Å². The molecule has 4 aromatic rings. The van der Waals surface area contributed by atoms with Gasteiger partial charge in [0, 0.05) is 16.0 Å². The fourth-order valence-electron chi connectivity index (χ4n) is 3.82. The minimum atomic E-state index is -4.72. The number of nitrogens with zero attached hydrogens (tertiary/aromatic N) is 2. The predicted molar refractivity (Wildman–Crippen MR) is 144 cm³/mol. The first-order valence-electron chi connectivity index (χ1n) is 11.2. The van der Waals surface area contributed by atoms with Gasteiger partial charge in [0.1, 0.15) is 22.0 Å². The molecule has 1 amide bonds. The van der Waals surface area contributed by atoms with Crippen molar-refractivity contribution in [1.29, 1.82) is 0 Å². The summed E-state index contributed by atoms with van der Waals surface area (Å²) in [5.74, 6) is -1.18. The number of ether oxygens (including phenoxy) is 1. The third-order valence-electron chi connectivity index (χ3n) is 5.57. The zero-order valence-electron chi connectivity index (χ0n) is 21.0. The Labute approximate surface area is 256 Å². The first-order valence-corrected chi connectivity index (χ1v) is 13.4. The maximum Gasteiger partial charge on any atom is 1.00 e. The average molecular weight is 596 g/mol. The van der Waals surface area contributed by atoms with Crippen molar-refractivity contribution in [1.82, 2.24) is 0 Å². The van der Waals surface area contributed by atoms with Crippen LogP contribution in [0.4, 0.5) is 17.1 Å². The molecule has 4 aromatic carbocycles. The van der Waals surface area contributed by atoms with Crippen LogP contribution in [0.25, 0.3) is 10.8 Å². The summed E-state index contributed by atoms with van der Waals surface area (Å²) in [7, 11) is -4.72. The van der Waals surface area contributed by atoms with Gasteiger partial charge in [0.2, 0.25) is 0 Å². The van der Waals surface area contributed by atoms with Crippen LogP contribution in [0.2, 0.25) is 10.0 Å². The van der Waals surface area contributed by atoms with Crippen LogP contribution >= 0.6 is 23.2 Å². The molecule has 0 radical (unpaired) electrons. The molecule has 0 aliphatic carbocycles. The number of benzene rings is 4. The number of fused-ring (bicyclic) bond motifs is 1. The summed E-state index contributed by atoms with van der Waals surface area (Å²) in [6.45, 7) is 3.50. The van der Waals surface area contributed by atoms with Gasteiger partial charge in [-0.2, -0.15) is 13.5 Å². The molecule has 0 saturated heterocycles. The van der Waals surface area contributed by atoms with Crippen molar-refractivity contribution in [2.45, 2.75) is 18.7 Å². The molecule has 0 spiro atoms. The number of azo groups is 1. The van der Waals surface area contributed by atoms with Crippen LogP contribution in [0.1, 0.15) is 22.8 Å². The van der Waals surface area contributed by atoms with Gasteiger partial charge in [-0.15, -0.1) is 5.11 Å². The van der Waals surface area contributed by atoms with E-state index in [-0.39, 0.29) is 67.8 Å². The van der Waals surface area contributed by atoms with Gasteiger partial charge < -0.3 is 15.2 Å². The van der Waals surface area contributed by atoms with Crippen LogP contribution in [0.3, 0.4) is 0 Å². The minimum absolute atomic E-state index is 0. The summed E-state index contributed by atoms with van der Waals surface area (Å²) >= 11 is 12.3. The molecule has 39 heavy (non-hydrogen) atoms. The number of carbonyl (C=O) groups is 1. The molecule has 13 heteroatoms.